The molecule has 0 aromatic carbocycles. The minimum atomic E-state index is 0.306. The molecule has 0 saturated heterocycles. The quantitative estimate of drug-likeness (QED) is 0.898. The van der Waals surface area contributed by atoms with Crippen molar-refractivity contribution in [2.24, 2.45) is 0 Å². The zero-order valence-electron chi connectivity index (χ0n) is 9.31. The summed E-state index contributed by atoms with van der Waals surface area (Å²) in [6.45, 7) is 2.11. The largest absolute Gasteiger partial charge is 0.312 e. The molecular formula is C12H14N2S2. The van der Waals surface area contributed by atoms with Gasteiger partial charge in [-0.3, -0.25) is 4.98 Å². The summed E-state index contributed by atoms with van der Waals surface area (Å²) in [5.74, 6) is 0. The van der Waals surface area contributed by atoms with Gasteiger partial charge in [-0.2, -0.15) is 0 Å². The zero-order valence-corrected chi connectivity index (χ0v) is 10.9. The van der Waals surface area contributed by atoms with E-state index in [2.05, 4.69) is 46.9 Å². The molecule has 0 spiro atoms. The Labute approximate surface area is 104 Å². The highest BCUT2D eigenvalue weighted by molar-refractivity contribution is 8.01. The van der Waals surface area contributed by atoms with Crippen molar-refractivity contribution >= 4 is 23.1 Å². The Balaban J connectivity index is 2.07. The van der Waals surface area contributed by atoms with E-state index in [4.69, 9.17) is 0 Å². The molecule has 2 nitrogen and oxygen atoms in total. The molecule has 2 rings (SSSR count). The van der Waals surface area contributed by atoms with E-state index in [1.54, 1.807) is 23.1 Å². The maximum absolute atomic E-state index is 4.45. The summed E-state index contributed by atoms with van der Waals surface area (Å²) in [4.78, 5) is 5.64. The van der Waals surface area contributed by atoms with Gasteiger partial charge in [0, 0.05) is 17.1 Å². The third-order valence-corrected chi connectivity index (χ3v) is 4.36. The first-order valence-electron chi connectivity index (χ1n) is 5.14. The van der Waals surface area contributed by atoms with Crippen LogP contribution in [0.15, 0.2) is 44.9 Å². The van der Waals surface area contributed by atoms with E-state index in [-0.39, 0.29) is 0 Å². The first-order chi connectivity index (χ1) is 7.79. The lowest BCUT2D eigenvalue weighted by molar-refractivity contribution is 0.631. The smallest absolute Gasteiger partial charge is 0.0646 e. The monoisotopic (exact) mass is 250 g/mol. The van der Waals surface area contributed by atoms with Gasteiger partial charge in [-0.15, -0.1) is 11.3 Å². The van der Waals surface area contributed by atoms with Gasteiger partial charge in [-0.05, 0) is 37.6 Å². The molecule has 2 heterocycles. The van der Waals surface area contributed by atoms with Crippen LogP contribution in [0.4, 0.5) is 0 Å². The second kappa shape index (κ2) is 5.48. The molecule has 16 heavy (non-hydrogen) atoms. The zero-order chi connectivity index (χ0) is 11.4. The van der Waals surface area contributed by atoms with Crippen molar-refractivity contribution in [3.05, 3.63) is 41.5 Å². The first-order valence-corrected chi connectivity index (χ1v) is 6.84. The molecule has 2 aromatic rings. The van der Waals surface area contributed by atoms with Crippen molar-refractivity contribution < 1.29 is 0 Å². The topological polar surface area (TPSA) is 24.9 Å². The molecule has 0 aliphatic carbocycles. The van der Waals surface area contributed by atoms with E-state index < -0.39 is 0 Å². The molecule has 84 valence electrons. The standard InChI is InChI=1S/C12H14N2S2/c1-9(13-2)11-6-5-10(8-14-11)16-12-4-3-7-15-12/h3-9,13H,1-2H3. The van der Waals surface area contributed by atoms with Gasteiger partial charge in [-0.1, -0.05) is 17.8 Å². The van der Waals surface area contributed by atoms with E-state index in [0.29, 0.717) is 6.04 Å². The van der Waals surface area contributed by atoms with E-state index in [0.717, 1.165) is 5.69 Å². The average Bonchev–Trinajstić information content (AvgIpc) is 2.82. The molecule has 0 aliphatic rings. The van der Waals surface area contributed by atoms with E-state index in [1.165, 1.54) is 9.10 Å². The number of aromatic nitrogens is 1. The van der Waals surface area contributed by atoms with Crippen LogP contribution in [0.2, 0.25) is 0 Å². The average molecular weight is 250 g/mol. The highest BCUT2D eigenvalue weighted by atomic mass is 32.2. The predicted octanol–water partition coefficient (Wildman–Crippen LogP) is 3.57. The van der Waals surface area contributed by atoms with Gasteiger partial charge >= 0.3 is 0 Å². The van der Waals surface area contributed by atoms with Gasteiger partial charge in [0.15, 0.2) is 0 Å². The summed E-state index contributed by atoms with van der Waals surface area (Å²) < 4.78 is 1.30. The summed E-state index contributed by atoms with van der Waals surface area (Å²) in [5.41, 5.74) is 1.08. The van der Waals surface area contributed by atoms with Crippen LogP contribution in [-0.2, 0) is 0 Å². The number of pyridine rings is 1. The fraction of sp³-hybridized carbons (Fsp3) is 0.250. The number of nitrogens with zero attached hydrogens (tertiary/aromatic N) is 1. The number of rotatable bonds is 4. The van der Waals surface area contributed by atoms with E-state index in [9.17, 15) is 0 Å². The van der Waals surface area contributed by atoms with Crippen LogP contribution in [-0.4, -0.2) is 12.0 Å². The summed E-state index contributed by atoms with van der Waals surface area (Å²) in [7, 11) is 1.95. The van der Waals surface area contributed by atoms with Crippen molar-refractivity contribution in [1.29, 1.82) is 0 Å². The van der Waals surface area contributed by atoms with Gasteiger partial charge in [0.2, 0.25) is 0 Å². The highest BCUT2D eigenvalue weighted by Gasteiger charge is 2.04. The molecular weight excluding hydrogens is 236 g/mol. The molecule has 1 N–H and O–H groups in total. The minimum absolute atomic E-state index is 0.306. The number of nitrogens with one attached hydrogen (secondary N) is 1. The van der Waals surface area contributed by atoms with Crippen molar-refractivity contribution in [3.63, 3.8) is 0 Å². The second-order valence-electron chi connectivity index (χ2n) is 3.46. The van der Waals surface area contributed by atoms with Crippen LogP contribution in [0, 0.1) is 0 Å². The molecule has 0 fully saturated rings. The number of hydrogen-bond donors (Lipinski definition) is 1. The second-order valence-corrected chi connectivity index (χ2v) is 5.78. The molecule has 0 aliphatic heterocycles. The van der Waals surface area contributed by atoms with Crippen LogP contribution in [0.3, 0.4) is 0 Å². The molecule has 2 aromatic heterocycles. The van der Waals surface area contributed by atoms with Crippen molar-refractivity contribution in [3.8, 4) is 0 Å². The highest BCUT2D eigenvalue weighted by Crippen LogP contribution is 2.30. The Bertz CT molecular complexity index is 423. The molecule has 0 saturated carbocycles. The Morgan fingerprint density at radius 2 is 2.25 bits per heavy atom. The van der Waals surface area contributed by atoms with Crippen molar-refractivity contribution in [2.45, 2.75) is 22.1 Å². The maximum Gasteiger partial charge on any atom is 0.0646 e. The Kier molecular flexibility index (Phi) is 3.98. The Morgan fingerprint density at radius 3 is 2.81 bits per heavy atom. The van der Waals surface area contributed by atoms with Crippen LogP contribution in [0.5, 0.6) is 0 Å². The van der Waals surface area contributed by atoms with Crippen LogP contribution < -0.4 is 5.32 Å². The lowest BCUT2D eigenvalue weighted by atomic mass is 10.2. The fourth-order valence-electron chi connectivity index (χ4n) is 1.29. The summed E-state index contributed by atoms with van der Waals surface area (Å²) in [5, 5.41) is 5.27. The summed E-state index contributed by atoms with van der Waals surface area (Å²) in [6, 6.07) is 8.70. The Hall–Kier alpha value is -0.840. The number of thiophene rings is 1. The van der Waals surface area contributed by atoms with Gasteiger partial charge < -0.3 is 5.32 Å². The van der Waals surface area contributed by atoms with Crippen molar-refractivity contribution in [2.75, 3.05) is 7.05 Å². The third kappa shape index (κ3) is 2.84. The van der Waals surface area contributed by atoms with Crippen LogP contribution in [0.1, 0.15) is 18.7 Å². The molecule has 1 atom stereocenters. The molecule has 0 radical (unpaired) electrons. The van der Waals surface area contributed by atoms with E-state index in [1.807, 2.05) is 13.2 Å². The minimum Gasteiger partial charge on any atom is -0.312 e. The summed E-state index contributed by atoms with van der Waals surface area (Å²) in [6.07, 6.45) is 1.94. The third-order valence-electron chi connectivity index (χ3n) is 2.35. The molecule has 0 amide bonds. The van der Waals surface area contributed by atoms with Crippen molar-refractivity contribution in [1.82, 2.24) is 10.3 Å². The Morgan fingerprint density at radius 1 is 1.38 bits per heavy atom. The number of hydrogen-bond acceptors (Lipinski definition) is 4. The van der Waals surface area contributed by atoms with Crippen LogP contribution >= 0.6 is 23.1 Å². The first kappa shape index (κ1) is 11.6. The van der Waals surface area contributed by atoms with Gasteiger partial charge in [0.05, 0.1) is 9.90 Å². The van der Waals surface area contributed by atoms with Gasteiger partial charge in [0.1, 0.15) is 0 Å². The molecule has 0 bridgehead atoms. The van der Waals surface area contributed by atoms with E-state index >= 15 is 0 Å². The molecule has 4 heteroatoms. The molecule has 1 unspecified atom stereocenters. The van der Waals surface area contributed by atoms with Crippen LogP contribution in [0.25, 0.3) is 0 Å². The predicted molar refractivity (Wildman–Crippen MR) is 70.2 cm³/mol. The lowest BCUT2D eigenvalue weighted by Crippen LogP contribution is -2.13. The summed E-state index contributed by atoms with van der Waals surface area (Å²) >= 11 is 3.51. The normalized spacial score (nSPS) is 12.6. The van der Waals surface area contributed by atoms with Gasteiger partial charge in [-0.25, -0.2) is 0 Å². The maximum atomic E-state index is 4.45. The van der Waals surface area contributed by atoms with Gasteiger partial charge in [0.25, 0.3) is 0 Å². The lowest BCUT2D eigenvalue weighted by Gasteiger charge is -2.09. The fourth-order valence-corrected chi connectivity index (χ4v) is 3.01. The SMILES string of the molecule is CNC(C)c1ccc(Sc2cccs2)cn1.